The van der Waals surface area contributed by atoms with Crippen molar-refractivity contribution >= 4 is 92.3 Å². The van der Waals surface area contributed by atoms with Crippen molar-refractivity contribution in [1.29, 1.82) is 0 Å². The van der Waals surface area contributed by atoms with Crippen LogP contribution in [0.2, 0.25) is 0 Å². The zero-order valence-electron chi connectivity index (χ0n) is 26.6. The van der Waals surface area contributed by atoms with Crippen LogP contribution in [0.5, 0.6) is 0 Å². The average molecular weight is 663 g/mol. The summed E-state index contributed by atoms with van der Waals surface area (Å²) in [6, 6.07) is 57.3. The number of hydrogen-bond acceptors (Lipinski definition) is 3. The molecular weight excluding hydrogens is 633 g/mol. The number of nitrogen functional groups attached to an aromatic ring is 1. The van der Waals surface area contributed by atoms with Gasteiger partial charge in [0.2, 0.25) is 0 Å². The summed E-state index contributed by atoms with van der Waals surface area (Å²) in [7, 11) is 0. The Morgan fingerprint density at radius 1 is 0.531 bits per heavy atom. The topological polar surface area (TPSA) is 30.9 Å². The monoisotopic (exact) mass is 662 g/mol. The summed E-state index contributed by atoms with van der Waals surface area (Å²) >= 11 is 3.70. The molecule has 0 saturated heterocycles. The molecule has 2 nitrogen and oxygen atoms in total. The van der Waals surface area contributed by atoms with Gasteiger partial charge in [0.15, 0.2) is 0 Å². The summed E-state index contributed by atoms with van der Waals surface area (Å²) in [5.74, 6) is 0.827. The minimum absolute atomic E-state index is 0.827. The zero-order chi connectivity index (χ0) is 32.5. The Hall–Kier alpha value is -5.55. The van der Waals surface area contributed by atoms with E-state index >= 15 is 0 Å². The fourth-order valence-electron chi connectivity index (χ4n) is 7.59. The smallest absolute Gasteiger partial charge is 0.0544 e. The van der Waals surface area contributed by atoms with E-state index in [0.717, 1.165) is 16.3 Å². The molecule has 10 aromatic rings. The molecule has 0 aliphatic heterocycles. The Balaban J connectivity index is 1.06. The molecule has 2 N–H and O–H groups in total. The van der Waals surface area contributed by atoms with Crippen molar-refractivity contribution in [3.8, 4) is 16.8 Å². The molecule has 0 saturated carbocycles. The average Bonchev–Trinajstić information content (AvgIpc) is 3.69. The molecule has 4 heteroatoms. The molecule has 2 heterocycles. The number of thiophene rings is 1. The first kappa shape index (κ1) is 28.5. The summed E-state index contributed by atoms with van der Waals surface area (Å²) in [6.45, 7) is 0. The molecule has 2 aromatic heterocycles. The second-order valence-electron chi connectivity index (χ2n) is 12.7. The van der Waals surface area contributed by atoms with Gasteiger partial charge < -0.3 is 10.3 Å². The van der Waals surface area contributed by atoms with Crippen LogP contribution in [0.15, 0.2) is 163 Å². The van der Waals surface area contributed by atoms with Crippen LogP contribution in [-0.4, -0.2) is 4.57 Å². The maximum Gasteiger partial charge on any atom is 0.0544 e. The summed E-state index contributed by atoms with van der Waals surface area (Å²) in [4.78, 5) is 1.16. The summed E-state index contributed by atoms with van der Waals surface area (Å²) < 4.78 is 4.94. The largest absolute Gasteiger partial charge is 0.398 e. The lowest BCUT2D eigenvalue weighted by molar-refractivity contribution is 1.18. The second-order valence-corrected chi connectivity index (χ2v) is 14.8. The number of aromatic nitrogens is 1. The van der Waals surface area contributed by atoms with Gasteiger partial charge in [0.05, 0.1) is 11.0 Å². The lowest BCUT2D eigenvalue weighted by atomic mass is 9.93. The molecule has 232 valence electrons. The van der Waals surface area contributed by atoms with Crippen LogP contribution in [-0.2, 0) is 5.75 Å². The molecule has 0 bridgehead atoms. The van der Waals surface area contributed by atoms with E-state index in [-0.39, 0.29) is 0 Å². The maximum atomic E-state index is 6.76. The third-order valence-electron chi connectivity index (χ3n) is 9.84. The van der Waals surface area contributed by atoms with Gasteiger partial charge in [-0.25, -0.2) is 0 Å². The number of hydrogen-bond donors (Lipinski definition) is 1. The molecule has 0 spiro atoms. The maximum absolute atomic E-state index is 6.76. The number of thioether (sulfide) groups is 1. The molecule has 0 amide bonds. The van der Waals surface area contributed by atoms with E-state index in [0.29, 0.717) is 0 Å². The Bertz CT molecular complexity index is 2900. The summed E-state index contributed by atoms with van der Waals surface area (Å²) in [6.07, 6.45) is 0. The first-order chi connectivity index (χ1) is 24.2. The molecule has 49 heavy (non-hydrogen) atoms. The number of fused-ring (bicyclic) bond motifs is 9. The molecular formula is C45H30N2S2. The van der Waals surface area contributed by atoms with Crippen LogP contribution in [0, 0.1) is 0 Å². The van der Waals surface area contributed by atoms with E-state index in [1.54, 1.807) is 0 Å². The molecule has 0 radical (unpaired) electrons. The number of benzene rings is 8. The standard InChI is InChI=1S/C45H30N2S2/c46-39-22-23-42-44(37-21-19-30(26-43(37)49-42)38-25-29-10-4-5-13-32(29)33-14-6-7-15-34(33)38)45(39)48-27-28-18-20-36-35-16-8-9-17-40(35)47(41(36)24-28)31-11-2-1-3-12-31/h1-26H,27,46H2. The number of nitrogens with zero attached hydrogens (tertiary/aromatic N) is 1. The van der Waals surface area contributed by atoms with Gasteiger partial charge in [-0.05, 0) is 86.8 Å². The summed E-state index contributed by atoms with van der Waals surface area (Å²) in [5, 5.41) is 10.2. The van der Waals surface area contributed by atoms with E-state index in [1.165, 1.54) is 85.9 Å². The van der Waals surface area contributed by atoms with E-state index < -0.39 is 0 Å². The molecule has 0 unspecified atom stereocenters. The van der Waals surface area contributed by atoms with E-state index in [4.69, 9.17) is 5.73 Å². The van der Waals surface area contributed by atoms with E-state index in [2.05, 4.69) is 162 Å². The van der Waals surface area contributed by atoms with Crippen LogP contribution >= 0.6 is 23.1 Å². The number of nitrogens with two attached hydrogens (primary N) is 1. The van der Waals surface area contributed by atoms with Crippen molar-refractivity contribution in [1.82, 2.24) is 4.57 Å². The quantitative estimate of drug-likeness (QED) is 0.113. The fraction of sp³-hybridized carbons (Fsp3) is 0.0222. The van der Waals surface area contributed by atoms with Gasteiger partial charge in [0.1, 0.15) is 0 Å². The third kappa shape index (κ3) is 4.56. The summed E-state index contributed by atoms with van der Waals surface area (Å²) in [5.41, 5.74) is 15.0. The van der Waals surface area contributed by atoms with Gasteiger partial charge in [-0.1, -0.05) is 109 Å². The molecule has 10 rings (SSSR count). The molecule has 0 fully saturated rings. The highest BCUT2D eigenvalue weighted by Crippen LogP contribution is 2.45. The van der Waals surface area contributed by atoms with Crippen molar-refractivity contribution in [3.05, 3.63) is 163 Å². The molecule has 0 atom stereocenters. The second kappa shape index (κ2) is 11.3. The van der Waals surface area contributed by atoms with Gasteiger partial charge >= 0.3 is 0 Å². The van der Waals surface area contributed by atoms with Gasteiger partial charge in [0.25, 0.3) is 0 Å². The Kier molecular flexibility index (Phi) is 6.55. The van der Waals surface area contributed by atoms with Crippen molar-refractivity contribution in [2.75, 3.05) is 5.73 Å². The number of anilines is 1. The third-order valence-corrected chi connectivity index (χ3v) is 12.2. The van der Waals surface area contributed by atoms with Crippen LogP contribution in [0.1, 0.15) is 5.56 Å². The van der Waals surface area contributed by atoms with Gasteiger partial charge in [-0.2, -0.15) is 0 Å². The van der Waals surface area contributed by atoms with Crippen LogP contribution in [0.25, 0.3) is 80.3 Å². The minimum Gasteiger partial charge on any atom is -0.398 e. The number of rotatable bonds is 5. The lowest BCUT2D eigenvalue weighted by Crippen LogP contribution is -1.94. The normalized spacial score (nSPS) is 11.9. The predicted molar refractivity (Wildman–Crippen MR) is 215 cm³/mol. The highest BCUT2D eigenvalue weighted by molar-refractivity contribution is 7.99. The highest BCUT2D eigenvalue weighted by Gasteiger charge is 2.17. The van der Waals surface area contributed by atoms with Gasteiger partial charge in [0, 0.05) is 53.0 Å². The molecule has 8 aromatic carbocycles. The van der Waals surface area contributed by atoms with Crippen molar-refractivity contribution in [2.45, 2.75) is 10.6 Å². The molecule has 0 aliphatic carbocycles. The zero-order valence-corrected chi connectivity index (χ0v) is 28.2. The lowest BCUT2D eigenvalue weighted by Gasteiger charge is -2.12. The number of para-hydroxylation sites is 2. The van der Waals surface area contributed by atoms with Crippen LogP contribution in [0.4, 0.5) is 5.69 Å². The SMILES string of the molecule is Nc1ccc2sc3cc(-c4cc5ccccc5c5ccccc45)ccc3c2c1SCc1ccc2c3ccccc3n(-c3ccccc3)c2c1. The Morgan fingerprint density at radius 3 is 2.12 bits per heavy atom. The van der Waals surface area contributed by atoms with E-state index in [1.807, 2.05) is 23.1 Å². The Labute approximate surface area is 292 Å². The van der Waals surface area contributed by atoms with Gasteiger partial charge in [-0.3, -0.25) is 0 Å². The first-order valence-electron chi connectivity index (χ1n) is 16.6. The Morgan fingerprint density at radius 2 is 1.24 bits per heavy atom. The predicted octanol–water partition coefficient (Wildman–Crippen LogP) is 13.0. The van der Waals surface area contributed by atoms with Gasteiger partial charge in [-0.15, -0.1) is 23.1 Å². The highest BCUT2D eigenvalue weighted by atomic mass is 32.2. The van der Waals surface area contributed by atoms with E-state index in [9.17, 15) is 0 Å². The van der Waals surface area contributed by atoms with Crippen molar-refractivity contribution in [2.24, 2.45) is 0 Å². The van der Waals surface area contributed by atoms with Crippen molar-refractivity contribution < 1.29 is 0 Å². The first-order valence-corrected chi connectivity index (χ1v) is 18.4. The van der Waals surface area contributed by atoms with Crippen LogP contribution in [0.3, 0.4) is 0 Å². The van der Waals surface area contributed by atoms with Crippen molar-refractivity contribution in [3.63, 3.8) is 0 Å². The van der Waals surface area contributed by atoms with Crippen LogP contribution < -0.4 is 5.73 Å². The minimum atomic E-state index is 0.827. The fourth-order valence-corrected chi connectivity index (χ4v) is 9.89. The molecule has 0 aliphatic rings.